The van der Waals surface area contributed by atoms with Gasteiger partial charge in [-0.2, -0.15) is 0 Å². The van der Waals surface area contributed by atoms with Crippen LogP contribution in [-0.2, 0) is 0 Å². The highest BCUT2D eigenvalue weighted by molar-refractivity contribution is 5.64. The minimum atomic E-state index is 0.483. The van der Waals surface area contributed by atoms with Crippen molar-refractivity contribution in [2.24, 2.45) is 0 Å². The fraction of sp³-hybridized carbons (Fsp3) is 0.538. The molecular weight excluding hydrogens is 216 g/mol. The van der Waals surface area contributed by atoms with E-state index in [9.17, 15) is 0 Å². The van der Waals surface area contributed by atoms with Crippen LogP contribution in [-0.4, -0.2) is 33.4 Å². The Hall–Kier alpha value is -1.42. The molecule has 1 fully saturated rings. The van der Waals surface area contributed by atoms with Crippen molar-refractivity contribution in [2.45, 2.75) is 19.4 Å². The van der Waals surface area contributed by atoms with Crippen molar-refractivity contribution in [3.05, 3.63) is 17.7 Å². The number of hydrogen-bond acceptors (Lipinski definition) is 4. The molecule has 0 amide bonds. The second-order valence-electron chi connectivity index (χ2n) is 4.31. The molecule has 1 saturated heterocycles. The molecule has 17 heavy (non-hydrogen) atoms. The maximum Gasteiger partial charge on any atom is 0.148 e. The van der Waals surface area contributed by atoms with Crippen molar-refractivity contribution in [2.75, 3.05) is 32.6 Å². The van der Waals surface area contributed by atoms with Gasteiger partial charge in [0.15, 0.2) is 0 Å². The number of ether oxygens (including phenoxy) is 2. The van der Waals surface area contributed by atoms with E-state index in [1.165, 1.54) is 0 Å². The van der Waals surface area contributed by atoms with Gasteiger partial charge in [0.05, 0.1) is 19.9 Å². The van der Waals surface area contributed by atoms with E-state index in [0.29, 0.717) is 6.04 Å². The summed E-state index contributed by atoms with van der Waals surface area (Å²) in [5.74, 6) is 1.73. The summed E-state index contributed by atoms with van der Waals surface area (Å²) in [6.45, 7) is 4.10. The number of hydrogen-bond donors (Lipinski definition) is 2. The molecule has 0 aliphatic carbocycles. The molecule has 0 bridgehead atoms. The summed E-state index contributed by atoms with van der Waals surface area (Å²) in [6.07, 6.45) is 1.15. The topological polar surface area (TPSA) is 42.5 Å². The smallest absolute Gasteiger partial charge is 0.148 e. The summed E-state index contributed by atoms with van der Waals surface area (Å²) in [5, 5.41) is 6.85. The van der Waals surface area contributed by atoms with Crippen LogP contribution >= 0.6 is 0 Å². The Kier molecular flexibility index (Phi) is 3.74. The first-order chi connectivity index (χ1) is 8.26. The van der Waals surface area contributed by atoms with Crippen molar-refractivity contribution in [3.63, 3.8) is 0 Å². The van der Waals surface area contributed by atoms with Gasteiger partial charge in [-0.25, -0.2) is 0 Å². The van der Waals surface area contributed by atoms with E-state index in [2.05, 4.69) is 10.6 Å². The molecule has 0 radical (unpaired) electrons. The molecule has 2 rings (SSSR count). The molecule has 1 aliphatic heterocycles. The van der Waals surface area contributed by atoms with Gasteiger partial charge in [-0.05, 0) is 32.0 Å². The lowest BCUT2D eigenvalue weighted by Gasteiger charge is -2.18. The van der Waals surface area contributed by atoms with Crippen LogP contribution in [0.3, 0.4) is 0 Å². The molecule has 94 valence electrons. The fourth-order valence-electron chi connectivity index (χ4n) is 2.27. The Morgan fingerprint density at radius 3 is 2.71 bits per heavy atom. The summed E-state index contributed by atoms with van der Waals surface area (Å²) < 4.78 is 10.8. The average Bonchev–Trinajstić information content (AvgIpc) is 2.82. The molecule has 4 nitrogen and oxygen atoms in total. The molecule has 1 atom stereocenters. The molecule has 2 N–H and O–H groups in total. The standard InChI is InChI=1S/C13H20N2O2/c1-9-12(16-2)5-4-11(13(9)17-3)15-10-6-7-14-8-10/h4-5,10,14-15H,6-8H2,1-3H3. The second kappa shape index (κ2) is 5.27. The lowest BCUT2D eigenvalue weighted by Crippen LogP contribution is -2.22. The van der Waals surface area contributed by atoms with Gasteiger partial charge in [-0.1, -0.05) is 0 Å². The van der Waals surface area contributed by atoms with Crippen LogP contribution in [0.1, 0.15) is 12.0 Å². The number of methoxy groups -OCH3 is 2. The molecule has 1 aromatic carbocycles. The molecule has 1 aliphatic rings. The van der Waals surface area contributed by atoms with Gasteiger partial charge in [0.25, 0.3) is 0 Å². The second-order valence-corrected chi connectivity index (χ2v) is 4.31. The highest BCUT2D eigenvalue weighted by Crippen LogP contribution is 2.35. The number of anilines is 1. The lowest BCUT2D eigenvalue weighted by atomic mass is 10.1. The summed E-state index contributed by atoms with van der Waals surface area (Å²) in [7, 11) is 3.37. The first-order valence-electron chi connectivity index (χ1n) is 5.95. The van der Waals surface area contributed by atoms with E-state index >= 15 is 0 Å². The highest BCUT2D eigenvalue weighted by Gasteiger charge is 2.17. The zero-order valence-electron chi connectivity index (χ0n) is 10.7. The number of nitrogens with one attached hydrogen (secondary N) is 2. The Bertz CT molecular complexity index is 387. The van der Waals surface area contributed by atoms with E-state index in [1.54, 1.807) is 14.2 Å². The molecular formula is C13H20N2O2. The molecule has 1 heterocycles. The van der Waals surface area contributed by atoms with Crippen molar-refractivity contribution in [1.29, 1.82) is 0 Å². The minimum absolute atomic E-state index is 0.483. The Morgan fingerprint density at radius 1 is 1.29 bits per heavy atom. The van der Waals surface area contributed by atoms with Gasteiger partial charge in [0, 0.05) is 18.2 Å². The van der Waals surface area contributed by atoms with Crippen LogP contribution in [0.2, 0.25) is 0 Å². The first-order valence-corrected chi connectivity index (χ1v) is 5.95. The number of benzene rings is 1. The van der Waals surface area contributed by atoms with Crippen molar-refractivity contribution >= 4 is 5.69 Å². The monoisotopic (exact) mass is 236 g/mol. The summed E-state index contributed by atoms with van der Waals surface area (Å²) >= 11 is 0. The van der Waals surface area contributed by atoms with Gasteiger partial charge in [0.1, 0.15) is 11.5 Å². The Balaban J connectivity index is 2.23. The summed E-state index contributed by atoms with van der Waals surface area (Å²) in [6, 6.07) is 4.47. The third-order valence-corrected chi connectivity index (χ3v) is 3.20. The Morgan fingerprint density at radius 2 is 2.12 bits per heavy atom. The summed E-state index contributed by atoms with van der Waals surface area (Å²) in [5.41, 5.74) is 2.07. The van der Waals surface area contributed by atoms with Crippen LogP contribution < -0.4 is 20.1 Å². The van der Waals surface area contributed by atoms with E-state index in [-0.39, 0.29) is 0 Å². The quantitative estimate of drug-likeness (QED) is 0.836. The predicted octanol–water partition coefficient (Wildman–Crippen LogP) is 1.79. The van der Waals surface area contributed by atoms with Gasteiger partial charge in [0.2, 0.25) is 0 Å². The molecule has 1 unspecified atom stereocenters. The maximum absolute atomic E-state index is 5.47. The molecule has 1 aromatic rings. The molecule has 0 spiro atoms. The van der Waals surface area contributed by atoms with Crippen molar-refractivity contribution in [3.8, 4) is 11.5 Å². The van der Waals surface area contributed by atoms with Crippen LogP contribution in [0.5, 0.6) is 11.5 Å². The minimum Gasteiger partial charge on any atom is -0.496 e. The number of rotatable bonds is 4. The molecule has 0 aromatic heterocycles. The van der Waals surface area contributed by atoms with Crippen LogP contribution in [0.15, 0.2) is 12.1 Å². The van der Waals surface area contributed by atoms with Crippen LogP contribution in [0.4, 0.5) is 5.69 Å². The van der Waals surface area contributed by atoms with Crippen LogP contribution in [0, 0.1) is 6.92 Å². The predicted molar refractivity (Wildman–Crippen MR) is 69.2 cm³/mol. The third-order valence-electron chi connectivity index (χ3n) is 3.20. The Labute approximate surface area is 102 Å². The SMILES string of the molecule is COc1ccc(NC2CCNC2)c(OC)c1C. The zero-order valence-corrected chi connectivity index (χ0v) is 10.7. The van der Waals surface area contributed by atoms with E-state index in [1.807, 2.05) is 19.1 Å². The highest BCUT2D eigenvalue weighted by atomic mass is 16.5. The third kappa shape index (κ3) is 2.47. The lowest BCUT2D eigenvalue weighted by molar-refractivity contribution is 0.389. The maximum atomic E-state index is 5.47. The van der Waals surface area contributed by atoms with E-state index in [4.69, 9.17) is 9.47 Å². The van der Waals surface area contributed by atoms with Gasteiger partial charge < -0.3 is 20.1 Å². The van der Waals surface area contributed by atoms with E-state index < -0.39 is 0 Å². The summed E-state index contributed by atoms with van der Waals surface area (Å²) in [4.78, 5) is 0. The zero-order chi connectivity index (χ0) is 12.3. The average molecular weight is 236 g/mol. The van der Waals surface area contributed by atoms with Gasteiger partial charge >= 0.3 is 0 Å². The van der Waals surface area contributed by atoms with Gasteiger partial charge in [-0.15, -0.1) is 0 Å². The fourth-order valence-corrected chi connectivity index (χ4v) is 2.27. The normalized spacial score (nSPS) is 19.1. The van der Waals surface area contributed by atoms with Crippen molar-refractivity contribution in [1.82, 2.24) is 5.32 Å². The largest absolute Gasteiger partial charge is 0.496 e. The molecule has 4 heteroatoms. The van der Waals surface area contributed by atoms with E-state index in [0.717, 1.165) is 42.3 Å². The van der Waals surface area contributed by atoms with Gasteiger partial charge in [-0.3, -0.25) is 0 Å². The molecule has 0 saturated carbocycles. The van der Waals surface area contributed by atoms with Crippen molar-refractivity contribution < 1.29 is 9.47 Å². The first kappa shape index (κ1) is 12.0. The van der Waals surface area contributed by atoms with Crippen LogP contribution in [0.25, 0.3) is 0 Å².